The van der Waals surface area contributed by atoms with Crippen LogP contribution in [-0.2, 0) is 15.1 Å². The molecule has 2 atom stereocenters. The molecule has 0 unspecified atom stereocenters. The summed E-state index contributed by atoms with van der Waals surface area (Å²) in [5.41, 5.74) is 7.53. The largest absolute Gasteiger partial charge is 0.456 e. The van der Waals surface area contributed by atoms with Gasteiger partial charge in [0.15, 0.2) is 0 Å². The molecule has 1 spiro atoms. The quantitative estimate of drug-likeness (QED) is 0.801. The molecule has 2 N–H and O–H groups in total. The van der Waals surface area contributed by atoms with Gasteiger partial charge < -0.3 is 10.5 Å². The maximum absolute atomic E-state index is 13.4. The SMILES string of the molecule is C#CCN1C(=O)[C@@]2(OC(N)=C(C#N)C3=CCCC[C@@H]32)c2ccccc21. The van der Waals surface area contributed by atoms with Crippen LogP contribution in [0.15, 0.2) is 47.4 Å². The number of fused-ring (bicyclic) bond motifs is 4. The van der Waals surface area contributed by atoms with E-state index >= 15 is 0 Å². The maximum atomic E-state index is 13.4. The number of terminal acetylenes is 1. The molecule has 1 aromatic carbocycles. The Balaban J connectivity index is 1.99. The van der Waals surface area contributed by atoms with Crippen molar-refractivity contribution in [2.45, 2.75) is 24.9 Å². The number of nitrogens with two attached hydrogens (primary N) is 1. The molecule has 2 heterocycles. The van der Waals surface area contributed by atoms with Crippen molar-refractivity contribution in [3.8, 4) is 18.4 Å². The van der Waals surface area contributed by atoms with Gasteiger partial charge in [-0.05, 0) is 30.9 Å². The third-order valence-electron chi connectivity index (χ3n) is 5.25. The molecule has 25 heavy (non-hydrogen) atoms. The number of hydrogen-bond acceptors (Lipinski definition) is 4. The van der Waals surface area contributed by atoms with Crippen molar-refractivity contribution < 1.29 is 9.53 Å². The van der Waals surface area contributed by atoms with E-state index in [-0.39, 0.29) is 24.3 Å². The minimum absolute atomic E-state index is 0.0117. The minimum atomic E-state index is -1.23. The molecule has 0 saturated heterocycles. The first-order valence-corrected chi connectivity index (χ1v) is 8.29. The van der Waals surface area contributed by atoms with Crippen molar-refractivity contribution in [3.63, 3.8) is 0 Å². The summed E-state index contributed by atoms with van der Waals surface area (Å²) in [6.45, 7) is 0.168. The molecule has 5 nitrogen and oxygen atoms in total. The van der Waals surface area contributed by atoms with Crippen LogP contribution in [0, 0.1) is 29.6 Å². The lowest BCUT2D eigenvalue weighted by atomic mass is 9.69. The highest BCUT2D eigenvalue weighted by molar-refractivity contribution is 6.08. The molecule has 1 aliphatic carbocycles. The van der Waals surface area contributed by atoms with Gasteiger partial charge in [-0.15, -0.1) is 6.42 Å². The number of anilines is 1. The highest BCUT2D eigenvalue weighted by atomic mass is 16.5. The van der Waals surface area contributed by atoms with Crippen LogP contribution in [0.25, 0.3) is 0 Å². The Morgan fingerprint density at radius 2 is 2.24 bits per heavy atom. The van der Waals surface area contributed by atoms with Crippen molar-refractivity contribution in [2.75, 3.05) is 11.4 Å². The first-order chi connectivity index (χ1) is 12.1. The number of hydrogen-bond donors (Lipinski definition) is 1. The van der Waals surface area contributed by atoms with Crippen LogP contribution in [-0.4, -0.2) is 12.5 Å². The molecule has 0 bridgehead atoms. The predicted octanol–water partition coefficient (Wildman–Crippen LogP) is 2.31. The second-order valence-corrected chi connectivity index (χ2v) is 6.44. The van der Waals surface area contributed by atoms with Crippen molar-refractivity contribution in [3.05, 3.63) is 52.9 Å². The van der Waals surface area contributed by atoms with Crippen LogP contribution in [0.4, 0.5) is 5.69 Å². The van der Waals surface area contributed by atoms with Crippen molar-refractivity contribution in [2.24, 2.45) is 11.7 Å². The number of nitriles is 1. The van der Waals surface area contributed by atoms with E-state index in [1.807, 2.05) is 30.3 Å². The van der Waals surface area contributed by atoms with Crippen LogP contribution in [0.1, 0.15) is 24.8 Å². The number of allylic oxidation sites excluding steroid dienone is 2. The number of amides is 1. The lowest BCUT2D eigenvalue weighted by Gasteiger charge is -2.43. The van der Waals surface area contributed by atoms with Crippen LogP contribution in [0.2, 0.25) is 0 Å². The van der Waals surface area contributed by atoms with Gasteiger partial charge in [0.25, 0.3) is 5.91 Å². The molecule has 3 aliphatic rings. The van der Waals surface area contributed by atoms with Crippen molar-refractivity contribution in [1.29, 1.82) is 5.26 Å². The number of rotatable bonds is 1. The summed E-state index contributed by atoms with van der Waals surface area (Å²) in [5.74, 6) is 2.12. The lowest BCUT2D eigenvalue weighted by molar-refractivity contribution is -0.146. The zero-order chi connectivity index (χ0) is 17.6. The average molecular weight is 331 g/mol. The Morgan fingerprint density at radius 1 is 1.44 bits per heavy atom. The molecule has 124 valence electrons. The van der Waals surface area contributed by atoms with Gasteiger partial charge in [-0.3, -0.25) is 9.69 Å². The number of para-hydroxylation sites is 1. The average Bonchev–Trinajstić information content (AvgIpc) is 2.86. The Hall–Kier alpha value is -3.18. The lowest BCUT2D eigenvalue weighted by Crippen LogP contribution is -2.51. The number of ether oxygens (including phenoxy) is 1. The molecule has 0 aromatic heterocycles. The Labute approximate surface area is 146 Å². The minimum Gasteiger partial charge on any atom is -0.456 e. The summed E-state index contributed by atoms with van der Waals surface area (Å²) in [4.78, 5) is 15.0. The second kappa shape index (κ2) is 5.43. The highest BCUT2D eigenvalue weighted by Gasteiger charge is 2.61. The van der Waals surface area contributed by atoms with Gasteiger partial charge >= 0.3 is 0 Å². The zero-order valence-corrected chi connectivity index (χ0v) is 13.7. The summed E-state index contributed by atoms with van der Waals surface area (Å²) in [6.07, 6.45) is 10.0. The summed E-state index contributed by atoms with van der Waals surface area (Å²) in [5, 5.41) is 9.50. The molecule has 4 rings (SSSR count). The molecule has 1 amide bonds. The Bertz CT molecular complexity index is 916. The predicted molar refractivity (Wildman–Crippen MR) is 92.6 cm³/mol. The maximum Gasteiger partial charge on any atom is 0.277 e. The van der Waals surface area contributed by atoms with Gasteiger partial charge in [0.1, 0.15) is 11.6 Å². The first kappa shape index (κ1) is 15.4. The van der Waals surface area contributed by atoms with E-state index < -0.39 is 5.60 Å². The van der Waals surface area contributed by atoms with Gasteiger partial charge in [0.05, 0.1) is 12.2 Å². The van der Waals surface area contributed by atoms with E-state index in [4.69, 9.17) is 16.9 Å². The molecule has 2 aliphatic heterocycles. The fourth-order valence-electron chi connectivity index (χ4n) is 4.27. The van der Waals surface area contributed by atoms with E-state index in [0.717, 1.165) is 36.1 Å². The Kier molecular flexibility index (Phi) is 3.33. The summed E-state index contributed by atoms with van der Waals surface area (Å²) < 4.78 is 6.06. The highest BCUT2D eigenvalue weighted by Crippen LogP contribution is 2.55. The van der Waals surface area contributed by atoms with Gasteiger partial charge in [-0.1, -0.05) is 30.2 Å². The smallest absolute Gasteiger partial charge is 0.277 e. The van der Waals surface area contributed by atoms with E-state index in [1.165, 1.54) is 0 Å². The van der Waals surface area contributed by atoms with Gasteiger partial charge in [0, 0.05) is 11.5 Å². The van der Waals surface area contributed by atoms with Crippen LogP contribution >= 0.6 is 0 Å². The number of benzene rings is 1. The van der Waals surface area contributed by atoms with Crippen LogP contribution in [0.5, 0.6) is 0 Å². The van der Waals surface area contributed by atoms with Crippen molar-refractivity contribution in [1.82, 2.24) is 0 Å². The Morgan fingerprint density at radius 3 is 3.00 bits per heavy atom. The van der Waals surface area contributed by atoms with Crippen LogP contribution < -0.4 is 10.6 Å². The van der Waals surface area contributed by atoms with Crippen LogP contribution in [0.3, 0.4) is 0 Å². The third kappa shape index (κ3) is 1.87. The summed E-state index contributed by atoms with van der Waals surface area (Å²) >= 11 is 0. The van der Waals surface area contributed by atoms with Crippen molar-refractivity contribution >= 4 is 11.6 Å². The molecule has 0 saturated carbocycles. The molecular weight excluding hydrogens is 314 g/mol. The number of carbonyl (C=O) groups excluding carboxylic acids is 1. The standard InChI is InChI=1S/C20H17N3O2/c1-2-11-23-17-10-6-5-9-16(17)20(19(23)24)15-8-4-3-7-13(15)14(12-21)18(22)25-20/h1,5-7,9-10,15H,3-4,8,11,22H2/t15-,20-/m0/s1. The molecule has 1 aromatic rings. The summed E-state index contributed by atoms with van der Waals surface area (Å²) in [6, 6.07) is 9.65. The van der Waals surface area contributed by atoms with E-state index in [1.54, 1.807) is 4.90 Å². The molecule has 0 radical (unpaired) electrons. The topological polar surface area (TPSA) is 79.3 Å². The second-order valence-electron chi connectivity index (χ2n) is 6.44. The van der Waals surface area contributed by atoms with E-state index in [9.17, 15) is 10.1 Å². The molecular formula is C20H17N3O2. The fourth-order valence-corrected chi connectivity index (χ4v) is 4.27. The third-order valence-corrected chi connectivity index (χ3v) is 5.25. The van der Waals surface area contributed by atoms with Gasteiger partial charge in [-0.25, -0.2) is 0 Å². The van der Waals surface area contributed by atoms with E-state index in [2.05, 4.69) is 12.0 Å². The normalized spacial score (nSPS) is 27.1. The zero-order valence-electron chi connectivity index (χ0n) is 13.7. The van der Waals surface area contributed by atoms with E-state index in [0.29, 0.717) is 5.57 Å². The molecule has 0 fully saturated rings. The van der Waals surface area contributed by atoms with Gasteiger partial charge in [0.2, 0.25) is 11.5 Å². The fraction of sp³-hybridized carbons (Fsp3) is 0.300. The number of nitrogens with zero attached hydrogens (tertiary/aromatic N) is 2. The molecule has 5 heteroatoms. The summed E-state index contributed by atoms with van der Waals surface area (Å²) in [7, 11) is 0. The van der Waals surface area contributed by atoms with Gasteiger partial charge in [-0.2, -0.15) is 5.26 Å². The monoisotopic (exact) mass is 331 g/mol. The first-order valence-electron chi connectivity index (χ1n) is 8.29. The number of carbonyl (C=O) groups is 1.